The first-order chi connectivity index (χ1) is 5.86. The molecule has 1 aliphatic rings. The number of aromatic nitrogens is 1. The van der Waals surface area contributed by atoms with E-state index in [0.29, 0.717) is 5.13 Å². The van der Waals surface area contributed by atoms with E-state index >= 15 is 0 Å². The van der Waals surface area contributed by atoms with Gasteiger partial charge in [-0.3, -0.25) is 4.79 Å². The Kier molecular flexibility index (Phi) is 2.05. The van der Waals surface area contributed by atoms with E-state index in [1.807, 2.05) is 5.38 Å². The monoisotopic (exact) mass is 183 g/mol. The van der Waals surface area contributed by atoms with E-state index in [-0.39, 0.29) is 11.8 Å². The summed E-state index contributed by atoms with van der Waals surface area (Å²) < 4.78 is 0. The molecule has 1 aromatic rings. The minimum atomic E-state index is 0.0729. The van der Waals surface area contributed by atoms with Crippen LogP contribution in [0.25, 0.3) is 0 Å². The molecular formula is C7H9N3OS. The Balaban J connectivity index is 1.90. The Morgan fingerprint density at radius 1 is 1.75 bits per heavy atom. The lowest BCUT2D eigenvalue weighted by atomic mass is 10.0. The summed E-state index contributed by atoms with van der Waals surface area (Å²) >= 11 is 1.44. The molecule has 5 heteroatoms. The van der Waals surface area contributed by atoms with Crippen molar-refractivity contribution in [3.8, 4) is 0 Å². The van der Waals surface area contributed by atoms with E-state index in [2.05, 4.69) is 15.6 Å². The first-order valence-electron chi connectivity index (χ1n) is 3.77. The Bertz CT molecular complexity index is 268. The van der Waals surface area contributed by atoms with E-state index in [0.717, 1.165) is 13.1 Å². The highest BCUT2D eigenvalue weighted by Crippen LogP contribution is 2.13. The summed E-state index contributed by atoms with van der Waals surface area (Å²) in [5.74, 6) is 0.206. The number of nitrogens with one attached hydrogen (secondary N) is 2. The fourth-order valence-corrected chi connectivity index (χ4v) is 1.50. The van der Waals surface area contributed by atoms with Gasteiger partial charge in [-0.15, -0.1) is 11.3 Å². The molecule has 1 aromatic heterocycles. The van der Waals surface area contributed by atoms with Crippen LogP contribution in [0.1, 0.15) is 0 Å². The molecule has 0 aliphatic carbocycles. The maximum absolute atomic E-state index is 11.3. The van der Waals surface area contributed by atoms with Gasteiger partial charge in [0.05, 0.1) is 5.92 Å². The number of carbonyl (C=O) groups excluding carboxylic acids is 1. The van der Waals surface area contributed by atoms with E-state index in [1.165, 1.54) is 11.3 Å². The highest BCUT2D eigenvalue weighted by molar-refractivity contribution is 7.13. The molecule has 12 heavy (non-hydrogen) atoms. The van der Waals surface area contributed by atoms with Crippen molar-refractivity contribution in [2.75, 3.05) is 18.4 Å². The van der Waals surface area contributed by atoms with Crippen LogP contribution in [0.5, 0.6) is 0 Å². The molecule has 2 heterocycles. The fourth-order valence-electron chi connectivity index (χ4n) is 0.967. The fraction of sp³-hybridized carbons (Fsp3) is 0.429. The second-order valence-corrected chi connectivity index (χ2v) is 3.58. The predicted molar refractivity (Wildman–Crippen MR) is 47.1 cm³/mol. The molecule has 1 saturated heterocycles. The number of hydrogen-bond donors (Lipinski definition) is 2. The number of carbonyl (C=O) groups is 1. The van der Waals surface area contributed by atoms with Crippen LogP contribution in [0.3, 0.4) is 0 Å². The lowest BCUT2D eigenvalue weighted by Crippen LogP contribution is -2.48. The first kappa shape index (κ1) is 7.70. The standard InChI is InChI=1S/C7H9N3OS/c11-6(5-3-8-4-5)10-7-9-1-2-12-7/h1-2,5,8H,3-4H2,(H,9,10,11). The van der Waals surface area contributed by atoms with Crippen LogP contribution in [-0.2, 0) is 4.79 Å². The third-order valence-electron chi connectivity index (χ3n) is 1.81. The summed E-state index contributed by atoms with van der Waals surface area (Å²) in [5.41, 5.74) is 0. The second-order valence-electron chi connectivity index (χ2n) is 2.68. The number of thiazole rings is 1. The zero-order chi connectivity index (χ0) is 8.39. The van der Waals surface area contributed by atoms with Crippen LogP contribution in [0.15, 0.2) is 11.6 Å². The molecule has 1 aliphatic heterocycles. The van der Waals surface area contributed by atoms with Gasteiger partial charge in [-0.2, -0.15) is 0 Å². The number of nitrogens with zero attached hydrogens (tertiary/aromatic N) is 1. The molecule has 1 amide bonds. The van der Waals surface area contributed by atoms with Crippen LogP contribution >= 0.6 is 11.3 Å². The maximum atomic E-state index is 11.3. The first-order valence-corrected chi connectivity index (χ1v) is 4.65. The number of rotatable bonds is 2. The quantitative estimate of drug-likeness (QED) is 0.693. The molecule has 2 rings (SSSR count). The van der Waals surface area contributed by atoms with Crippen LogP contribution in [0.4, 0.5) is 5.13 Å². The molecule has 0 atom stereocenters. The van der Waals surface area contributed by atoms with Gasteiger partial charge < -0.3 is 10.6 Å². The summed E-state index contributed by atoms with van der Waals surface area (Å²) in [5, 5.41) is 8.33. The van der Waals surface area contributed by atoms with Gasteiger partial charge >= 0.3 is 0 Å². The van der Waals surface area contributed by atoms with E-state index < -0.39 is 0 Å². The lowest BCUT2D eigenvalue weighted by Gasteiger charge is -2.25. The summed E-state index contributed by atoms with van der Waals surface area (Å²) in [6.07, 6.45) is 1.68. The van der Waals surface area contributed by atoms with Crippen molar-refractivity contribution in [1.82, 2.24) is 10.3 Å². The van der Waals surface area contributed by atoms with Gasteiger partial charge in [-0.05, 0) is 0 Å². The molecule has 4 nitrogen and oxygen atoms in total. The van der Waals surface area contributed by atoms with Crippen molar-refractivity contribution in [3.05, 3.63) is 11.6 Å². The van der Waals surface area contributed by atoms with Crippen molar-refractivity contribution >= 4 is 22.4 Å². The molecule has 0 radical (unpaired) electrons. The number of hydrogen-bond acceptors (Lipinski definition) is 4. The van der Waals surface area contributed by atoms with E-state index in [1.54, 1.807) is 6.20 Å². The number of anilines is 1. The van der Waals surface area contributed by atoms with E-state index in [4.69, 9.17) is 0 Å². The lowest BCUT2D eigenvalue weighted by molar-refractivity contribution is -0.121. The largest absolute Gasteiger partial charge is 0.315 e. The molecule has 0 unspecified atom stereocenters. The molecule has 1 fully saturated rings. The Morgan fingerprint density at radius 2 is 2.58 bits per heavy atom. The van der Waals surface area contributed by atoms with E-state index in [9.17, 15) is 4.79 Å². The SMILES string of the molecule is O=C(Nc1nccs1)C1CNC1. The van der Waals surface area contributed by atoms with Crippen LogP contribution in [0, 0.1) is 5.92 Å². The highest BCUT2D eigenvalue weighted by Gasteiger charge is 2.24. The van der Waals surface area contributed by atoms with Crippen LogP contribution in [0.2, 0.25) is 0 Å². The van der Waals surface area contributed by atoms with Crippen LogP contribution < -0.4 is 10.6 Å². The van der Waals surface area contributed by atoms with Gasteiger partial charge in [-0.25, -0.2) is 4.98 Å². The summed E-state index contributed by atoms with van der Waals surface area (Å²) in [6.45, 7) is 1.58. The topological polar surface area (TPSA) is 54.0 Å². The summed E-state index contributed by atoms with van der Waals surface area (Å²) in [6, 6.07) is 0. The summed E-state index contributed by atoms with van der Waals surface area (Å²) in [4.78, 5) is 15.3. The normalized spacial score (nSPS) is 17.0. The predicted octanol–water partition coefficient (Wildman–Crippen LogP) is 0.301. The molecule has 64 valence electrons. The highest BCUT2D eigenvalue weighted by atomic mass is 32.1. The van der Waals surface area contributed by atoms with Crippen molar-refractivity contribution < 1.29 is 4.79 Å². The van der Waals surface area contributed by atoms with Crippen molar-refractivity contribution in [1.29, 1.82) is 0 Å². The van der Waals surface area contributed by atoms with Crippen molar-refractivity contribution in [3.63, 3.8) is 0 Å². The van der Waals surface area contributed by atoms with Gasteiger partial charge in [0.15, 0.2) is 5.13 Å². The molecule has 0 saturated carbocycles. The third kappa shape index (κ3) is 1.46. The Morgan fingerprint density at radius 3 is 3.08 bits per heavy atom. The Labute approximate surface area is 74.0 Å². The summed E-state index contributed by atoms with van der Waals surface area (Å²) in [7, 11) is 0. The third-order valence-corrected chi connectivity index (χ3v) is 2.50. The smallest absolute Gasteiger partial charge is 0.231 e. The Hall–Kier alpha value is -0.940. The molecule has 0 bridgehead atoms. The van der Waals surface area contributed by atoms with Crippen molar-refractivity contribution in [2.45, 2.75) is 0 Å². The average molecular weight is 183 g/mol. The molecular weight excluding hydrogens is 174 g/mol. The van der Waals surface area contributed by atoms with Gasteiger partial charge in [0.1, 0.15) is 0 Å². The van der Waals surface area contributed by atoms with Gasteiger partial charge in [-0.1, -0.05) is 0 Å². The molecule has 2 N–H and O–H groups in total. The zero-order valence-corrected chi connectivity index (χ0v) is 7.23. The van der Waals surface area contributed by atoms with Gasteiger partial charge in [0.25, 0.3) is 0 Å². The average Bonchev–Trinajstić information content (AvgIpc) is 2.34. The molecule has 0 spiro atoms. The van der Waals surface area contributed by atoms with Gasteiger partial charge in [0.2, 0.25) is 5.91 Å². The van der Waals surface area contributed by atoms with Gasteiger partial charge in [0, 0.05) is 24.7 Å². The second kappa shape index (κ2) is 3.20. The van der Waals surface area contributed by atoms with Crippen molar-refractivity contribution in [2.24, 2.45) is 5.92 Å². The maximum Gasteiger partial charge on any atom is 0.231 e. The minimum absolute atomic E-state index is 0.0729. The number of amides is 1. The molecule has 0 aromatic carbocycles. The minimum Gasteiger partial charge on any atom is -0.315 e. The zero-order valence-electron chi connectivity index (χ0n) is 6.41. The van der Waals surface area contributed by atoms with Crippen LogP contribution in [-0.4, -0.2) is 24.0 Å².